The molecule has 3 amide bonds. The van der Waals surface area contributed by atoms with E-state index >= 15 is 0 Å². The summed E-state index contributed by atoms with van der Waals surface area (Å²) in [7, 11) is 0. The number of carbonyl (C=O) groups excluding carboxylic acids is 4. The zero-order chi connectivity index (χ0) is 45.2. The van der Waals surface area contributed by atoms with Crippen LogP contribution in [0, 0.1) is 31.6 Å². The van der Waals surface area contributed by atoms with Gasteiger partial charge in [0.1, 0.15) is 6.04 Å². The number of aliphatic carboxylic acids is 1. The number of likely N-dealkylation sites (tertiary alicyclic amines) is 1. The highest BCUT2D eigenvalue weighted by Gasteiger charge is 2.48. The molecule has 3 N–H and O–H groups in total. The summed E-state index contributed by atoms with van der Waals surface area (Å²) in [4.78, 5) is 67.3. The highest BCUT2D eigenvalue weighted by atomic mass is 35.5. The third-order valence-corrected chi connectivity index (χ3v) is 13.0. The molecule has 0 radical (unpaired) electrons. The van der Waals surface area contributed by atoms with Gasteiger partial charge in [0.15, 0.2) is 0 Å². The first-order chi connectivity index (χ1) is 30.3. The number of halogens is 1. The van der Waals surface area contributed by atoms with Crippen molar-refractivity contribution in [1.29, 1.82) is 0 Å². The van der Waals surface area contributed by atoms with E-state index in [1.807, 2.05) is 69.3 Å². The third-order valence-electron chi connectivity index (χ3n) is 12.8. The Kier molecular flexibility index (Phi) is 16.2. The number of aliphatic hydroxyl groups excluding tert-OH is 1. The van der Waals surface area contributed by atoms with Crippen molar-refractivity contribution in [2.45, 2.75) is 110 Å². The van der Waals surface area contributed by atoms with Crippen LogP contribution >= 0.6 is 11.6 Å². The number of rotatable bonds is 12. The van der Waals surface area contributed by atoms with Crippen LogP contribution in [0.15, 0.2) is 91.0 Å². The second-order valence-corrected chi connectivity index (χ2v) is 17.6. The number of aliphatic hydroxyl groups is 1. The highest BCUT2D eigenvalue weighted by molar-refractivity contribution is 6.30. The number of benzene rings is 4. The smallest absolute Gasteiger partial charge is 0.326 e. The van der Waals surface area contributed by atoms with E-state index in [9.17, 15) is 34.2 Å². The fraction of sp³-hybridized carbons (Fsp3) is 0.431. The Bertz CT molecular complexity index is 2270. The van der Waals surface area contributed by atoms with Crippen molar-refractivity contribution in [3.05, 3.63) is 129 Å². The summed E-state index contributed by atoms with van der Waals surface area (Å²) >= 11 is 6.13. The second kappa shape index (κ2) is 21.7. The maximum Gasteiger partial charge on any atom is 0.326 e. The van der Waals surface area contributed by atoms with Gasteiger partial charge in [-0.3, -0.25) is 19.2 Å². The number of nitrogens with one attached hydrogen (secondary N) is 1. The average molecular weight is 879 g/mol. The van der Waals surface area contributed by atoms with Gasteiger partial charge in [0.2, 0.25) is 5.91 Å². The number of nitrogens with zero attached hydrogens (tertiary/aromatic N) is 2. The second-order valence-electron chi connectivity index (χ2n) is 17.2. The minimum absolute atomic E-state index is 0.0233. The molecule has 0 bridgehead atoms. The molecule has 0 unspecified atom stereocenters. The molecular formula is C51H60ClN3O8. The third kappa shape index (κ3) is 11.5. The minimum Gasteiger partial charge on any atom is -0.480 e. The number of amides is 3. The lowest BCUT2D eigenvalue weighted by molar-refractivity contribution is -0.153. The van der Waals surface area contributed by atoms with E-state index < -0.39 is 24.0 Å². The van der Waals surface area contributed by atoms with Crippen LogP contribution in [0.4, 0.5) is 11.4 Å². The lowest BCUT2D eigenvalue weighted by Gasteiger charge is -2.35. The van der Waals surface area contributed by atoms with Gasteiger partial charge in [0, 0.05) is 51.6 Å². The SMILES string of the molecule is CCOC(=O)[C@H](CCc1ccccc1)C[C@@H](C)C(=O)N1[C@H](C(=O)O)C[C@H]2CCCC[C@@H]21.Cc1ccccc1C(=O)Nc1ccc(C(=O)N2CCC[C@@H](O)c3cc(Cl)ccc32)c(C)c1. The Morgan fingerprint density at radius 1 is 0.857 bits per heavy atom. The standard InChI is InChI=1S/C26H25ClN2O3.C25H35NO5/c1-16-6-3-4-7-20(16)25(31)28-19-10-11-21(17(2)14-19)26(32)29-13-5-8-24(30)22-15-18(27)9-12-23(22)29;1-3-31-25(30)20(14-13-18-9-5-4-6-10-18)15-17(2)23(27)26-21-12-8-7-11-19(21)16-22(26)24(28)29/h3-4,6-7,9-12,14-15,24,30H,5,8,13H2,1-2H3,(H,28,31);4-6,9-10,17,19-22H,3,7-8,11-16H2,1-2H3,(H,28,29)/t24-;17-,19-,20-,21+,22+/m11/s1. The van der Waals surface area contributed by atoms with E-state index in [4.69, 9.17) is 16.3 Å². The first kappa shape index (κ1) is 47.0. The number of hydrogen-bond donors (Lipinski definition) is 3. The van der Waals surface area contributed by atoms with E-state index in [2.05, 4.69) is 5.32 Å². The molecule has 1 aliphatic carbocycles. The number of ether oxygens (including phenoxy) is 1. The molecule has 334 valence electrons. The molecule has 2 heterocycles. The normalized spacial score (nSPS) is 20.2. The van der Waals surface area contributed by atoms with E-state index in [0.717, 1.165) is 48.8 Å². The highest BCUT2D eigenvalue weighted by Crippen LogP contribution is 2.41. The van der Waals surface area contributed by atoms with Crippen molar-refractivity contribution in [3.63, 3.8) is 0 Å². The van der Waals surface area contributed by atoms with Gasteiger partial charge in [0.05, 0.1) is 18.6 Å². The summed E-state index contributed by atoms with van der Waals surface area (Å²) in [5, 5.41) is 23.7. The lowest BCUT2D eigenvalue weighted by Crippen LogP contribution is -2.48. The molecule has 0 aromatic heterocycles. The number of carboxylic acids is 1. The zero-order valence-electron chi connectivity index (χ0n) is 36.7. The van der Waals surface area contributed by atoms with Crippen LogP contribution in [0.25, 0.3) is 0 Å². The van der Waals surface area contributed by atoms with Crippen LogP contribution in [-0.2, 0) is 25.5 Å². The Labute approximate surface area is 375 Å². The molecule has 3 aliphatic rings. The van der Waals surface area contributed by atoms with Crippen LogP contribution in [0.5, 0.6) is 0 Å². The molecule has 6 atom stereocenters. The van der Waals surface area contributed by atoms with E-state index in [1.54, 1.807) is 59.2 Å². The van der Waals surface area contributed by atoms with Crippen molar-refractivity contribution >= 4 is 52.6 Å². The number of carbonyl (C=O) groups is 5. The molecule has 1 saturated heterocycles. The molecule has 0 spiro atoms. The Balaban J connectivity index is 0.000000210. The van der Waals surface area contributed by atoms with E-state index in [0.29, 0.717) is 78.3 Å². The van der Waals surface area contributed by atoms with Crippen LogP contribution in [-0.4, -0.2) is 70.0 Å². The van der Waals surface area contributed by atoms with Crippen molar-refractivity contribution in [2.24, 2.45) is 17.8 Å². The first-order valence-electron chi connectivity index (χ1n) is 22.3. The fourth-order valence-electron chi connectivity index (χ4n) is 9.48. The Morgan fingerprint density at radius 2 is 1.59 bits per heavy atom. The summed E-state index contributed by atoms with van der Waals surface area (Å²) in [5.74, 6) is -2.17. The van der Waals surface area contributed by atoms with Crippen LogP contribution < -0.4 is 10.2 Å². The molecule has 2 aliphatic heterocycles. The quantitative estimate of drug-likeness (QED) is 0.119. The molecule has 1 saturated carbocycles. The van der Waals surface area contributed by atoms with Crippen molar-refractivity contribution in [2.75, 3.05) is 23.4 Å². The molecular weight excluding hydrogens is 818 g/mol. The maximum atomic E-state index is 13.5. The van der Waals surface area contributed by atoms with Gasteiger partial charge in [0.25, 0.3) is 11.8 Å². The fourth-order valence-corrected chi connectivity index (χ4v) is 9.66. The zero-order valence-corrected chi connectivity index (χ0v) is 37.5. The molecule has 63 heavy (non-hydrogen) atoms. The average Bonchev–Trinajstić information content (AvgIpc) is 3.59. The van der Waals surface area contributed by atoms with E-state index in [1.165, 1.54) is 0 Å². The van der Waals surface area contributed by atoms with Gasteiger partial charge < -0.3 is 30.1 Å². The Morgan fingerprint density at radius 3 is 2.30 bits per heavy atom. The summed E-state index contributed by atoms with van der Waals surface area (Å²) in [6.07, 6.45) is 6.89. The van der Waals surface area contributed by atoms with Crippen molar-refractivity contribution < 1.29 is 38.9 Å². The summed E-state index contributed by atoms with van der Waals surface area (Å²) in [6.45, 7) is 8.17. The summed E-state index contributed by atoms with van der Waals surface area (Å²) in [6, 6.07) is 27.2. The van der Waals surface area contributed by atoms with Gasteiger partial charge in [-0.25, -0.2) is 4.79 Å². The van der Waals surface area contributed by atoms with Gasteiger partial charge >= 0.3 is 11.9 Å². The van der Waals surface area contributed by atoms with Gasteiger partial charge in [-0.2, -0.15) is 0 Å². The Hall–Kier alpha value is -5.52. The van der Waals surface area contributed by atoms with Crippen molar-refractivity contribution in [1.82, 2.24) is 4.90 Å². The molecule has 2 fully saturated rings. The number of carboxylic acid groups (broad SMARTS) is 1. The van der Waals surface area contributed by atoms with Gasteiger partial charge in [-0.15, -0.1) is 0 Å². The van der Waals surface area contributed by atoms with Crippen LogP contribution in [0.1, 0.15) is 121 Å². The number of esters is 1. The number of hydrogen-bond acceptors (Lipinski definition) is 7. The van der Waals surface area contributed by atoms with Crippen LogP contribution in [0.2, 0.25) is 5.02 Å². The molecule has 7 rings (SSSR count). The number of anilines is 2. The molecule has 12 heteroatoms. The predicted octanol–water partition coefficient (Wildman–Crippen LogP) is 9.75. The number of aryl methyl sites for hydroxylation is 3. The maximum absolute atomic E-state index is 13.5. The summed E-state index contributed by atoms with van der Waals surface area (Å²) < 4.78 is 5.29. The lowest BCUT2D eigenvalue weighted by atomic mass is 9.84. The molecule has 4 aromatic carbocycles. The minimum atomic E-state index is -0.916. The number of fused-ring (bicyclic) bond motifs is 2. The molecule has 4 aromatic rings. The molecule has 11 nitrogen and oxygen atoms in total. The van der Waals surface area contributed by atoms with E-state index in [-0.39, 0.29) is 41.6 Å². The topological polar surface area (TPSA) is 154 Å². The predicted molar refractivity (Wildman–Crippen MR) is 245 cm³/mol. The first-order valence-corrected chi connectivity index (χ1v) is 22.7. The van der Waals surface area contributed by atoms with Gasteiger partial charge in [-0.1, -0.05) is 79.9 Å². The van der Waals surface area contributed by atoms with Gasteiger partial charge in [-0.05, 0) is 137 Å². The monoisotopic (exact) mass is 877 g/mol. The largest absolute Gasteiger partial charge is 0.480 e. The van der Waals surface area contributed by atoms with Crippen molar-refractivity contribution in [3.8, 4) is 0 Å². The van der Waals surface area contributed by atoms with Crippen LogP contribution in [0.3, 0.4) is 0 Å². The summed E-state index contributed by atoms with van der Waals surface area (Å²) in [5.41, 5.74) is 5.95.